The number of fused-ring (bicyclic) bond motifs is 9. The van der Waals surface area contributed by atoms with Crippen LogP contribution in [0.25, 0.3) is 93.6 Å². The maximum absolute atomic E-state index is 6.23. The van der Waals surface area contributed by atoms with E-state index in [1.54, 1.807) is 0 Å². The third kappa shape index (κ3) is 5.16. The number of aromatic nitrogens is 1. The predicted molar refractivity (Wildman–Crippen MR) is 241 cm³/mol. The van der Waals surface area contributed by atoms with Gasteiger partial charge in [-0.3, -0.25) is 0 Å². The molecule has 0 aliphatic carbocycles. The molecule has 3 heterocycles. The lowest BCUT2D eigenvalue weighted by molar-refractivity contribution is 0.668. The standard InChI is InChI=1S/C54H34N2O2/c1-2-13-39(14-3-1)56-49-18-7-4-15-43(49)46-32-38(23-28-50(46)56)37-12-10-11-36(31-37)35-21-24-40(25-22-35)55(41-26-29-53-47(33-41)44-16-5-8-19-51(44)57-53)42-27-30-54-48(34-42)45-17-6-9-20-52(45)58-54/h1-34H. The maximum atomic E-state index is 6.23. The van der Waals surface area contributed by atoms with Gasteiger partial charge in [0.1, 0.15) is 22.3 Å². The molecule has 0 bridgehead atoms. The summed E-state index contributed by atoms with van der Waals surface area (Å²) in [7, 11) is 0. The Labute approximate surface area is 334 Å². The largest absolute Gasteiger partial charge is 0.456 e. The highest BCUT2D eigenvalue weighted by Gasteiger charge is 2.18. The molecule has 12 aromatic rings. The fourth-order valence-corrected chi connectivity index (χ4v) is 8.84. The minimum Gasteiger partial charge on any atom is -0.456 e. The summed E-state index contributed by atoms with van der Waals surface area (Å²) < 4.78 is 14.8. The molecule has 0 spiro atoms. The minimum atomic E-state index is 0.873. The van der Waals surface area contributed by atoms with Crippen LogP contribution in [0.3, 0.4) is 0 Å². The monoisotopic (exact) mass is 742 g/mol. The van der Waals surface area contributed by atoms with Crippen LogP contribution in [0.1, 0.15) is 0 Å². The zero-order chi connectivity index (χ0) is 38.2. The SMILES string of the molecule is c1ccc(-n2c3ccccc3c3cc(-c4cccc(-c5ccc(N(c6ccc7oc8ccccc8c7c6)c6ccc7oc8ccccc8c7c6)cc5)c4)ccc32)cc1. The second kappa shape index (κ2) is 12.9. The summed E-state index contributed by atoms with van der Waals surface area (Å²) in [6.45, 7) is 0. The highest BCUT2D eigenvalue weighted by Crippen LogP contribution is 2.42. The highest BCUT2D eigenvalue weighted by atomic mass is 16.3. The fraction of sp³-hybridized carbons (Fsp3) is 0. The van der Waals surface area contributed by atoms with Crippen LogP contribution in [0.5, 0.6) is 0 Å². The summed E-state index contributed by atoms with van der Waals surface area (Å²) in [6, 6.07) is 73.4. The molecule has 0 saturated carbocycles. The van der Waals surface area contributed by atoms with E-state index in [2.05, 4.69) is 191 Å². The van der Waals surface area contributed by atoms with Gasteiger partial charge >= 0.3 is 0 Å². The van der Waals surface area contributed by atoms with Gasteiger partial charge in [0.05, 0.1) is 11.0 Å². The summed E-state index contributed by atoms with van der Waals surface area (Å²) in [5.74, 6) is 0. The molecule has 12 rings (SSSR count). The van der Waals surface area contributed by atoms with E-state index in [-0.39, 0.29) is 0 Å². The number of hydrogen-bond donors (Lipinski definition) is 0. The number of benzene rings is 9. The number of hydrogen-bond acceptors (Lipinski definition) is 3. The number of furan rings is 2. The van der Waals surface area contributed by atoms with Crippen LogP contribution >= 0.6 is 0 Å². The molecular formula is C54H34N2O2. The molecule has 3 aromatic heterocycles. The van der Waals surface area contributed by atoms with Gasteiger partial charge in [0.15, 0.2) is 0 Å². The molecule has 0 N–H and O–H groups in total. The lowest BCUT2D eigenvalue weighted by atomic mass is 9.97. The second-order valence-electron chi connectivity index (χ2n) is 14.9. The number of anilines is 3. The zero-order valence-electron chi connectivity index (χ0n) is 31.3. The highest BCUT2D eigenvalue weighted by molar-refractivity contribution is 6.11. The van der Waals surface area contributed by atoms with E-state index in [9.17, 15) is 0 Å². The zero-order valence-corrected chi connectivity index (χ0v) is 31.3. The van der Waals surface area contributed by atoms with E-state index in [1.165, 1.54) is 38.5 Å². The van der Waals surface area contributed by atoms with Crippen LogP contribution < -0.4 is 4.90 Å². The Balaban J connectivity index is 0.948. The fourth-order valence-electron chi connectivity index (χ4n) is 8.84. The molecule has 0 fully saturated rings. The van der Waals surface area contributed by atoms with Crippen LogP contribution in [-0.2, 0) is 0 Å². The Hall–Kier alpha value is -7.82. The van der Waals surface area contributed by atoms with Crippen molar-refractivity contribution in [3.8, 4) is 27.9 Å². The van der Waals surface area contributed by atoms with Gasteiger partial charge in [-0.15, -0.1) is 0 Å². The van der Waals surface area contributed by atoms with Crippen molar-refractivity contribution in [2.45, 2.75) is 0 Å². The molecular weight excluding hydrogens is 709 g/mol. The van der Waals surface area contributed by atoms with Crippen molar-refractivity contribution >= 4 is 82.7 Å². The van der Waals surface area contributed by atoms with E-state index < -0.39 is 0 Å². The summed E-state index contributed by atoms with van der Waals surface area (Å²) in [4.78, 5) is 2.32. The van der Waals surface area contributed by atoms with Gasteiger partial charge < -0.3 is 18.3 Å². The summed E-state index contributed by atoms with van der Waals surface area (Å²) in [5, 5.41) is 6.88. The van der Waals surface area contributed by atoms with Crippen molar-refractivity contribution in [2.24, 2.45) is 0 Å². The van der Waals surface area contributed by atoms with E-state index in [0.717, 1.165) is 72.2 Å². The van der Waals surface area contributed by atoms with Gasteiger partial charge in [-0.25, -0.2) is 0 Å². The first-order valence-electron chi connectivity index (χ1n) is 19.7. The van der Waals surface area contributed by atoms with Gasteiger partial charge in [-0.05, 0) is 119 Å². The van der Waals surface area contributed by atoms with Gasteiger partial charge in [0, 0.05) is 55.1 Å². The number of rotatable bonds is 6. The molecule has 0 aliphatic rings. The van der Waals surface area contributed by atoms with Gasteiger partial charge in [0.25, 0.3) is 0 Å². The van der Waals surface area contributed by atoms with E-state index in [4.69, 9.17) is 8.83 Å². The van der Waals surface area contributed by atoms with E-state index >= 15 is 0 Å². The summed E-state index contributed by atoms with van der Waals surface area (Å²) in [5.41, 5.74) is 14.9. The quantitative estimate of drug-likeness (QED) is 0.170. The molecule has 0 amide bonds. The summed E-state index contributed by atoms with van der Waals surface area (Å²) >= 11 is 0. The predicted octanol–water partition coefficient (Wildman–Crippen LogP) is 15.4. The third-order valence-electron chi connectivity index (χ3n) is 11.6. The lowest BCUT2D eigenvalue weighted by Crippen LogP contribution is -2.09. The molecule has 0 aliphatic heterocycles. The Morgan fingerprint density at radius 2 is 0.793 bits per heavy atom. The first-order valence-corrected chi connectivity index (χ1v) is 19.7. The number of nitrogens with zero attached hydrogens (tertiary/aromatic N) is 2. The van der Waals surface area contributed by atoms with Crippen LogP contribution in [0.4, 0.5) is 17.1 Å². The lowest BCUT2D eigenvalue weighted by Gasteiger charge is -2.26. The van der Waals surface area contributed by atoms with Crippen molar-refractivity contribution in [1.29, 1.82) is 0 Å². The average Bonchev–Trinajstić information content (AvgIpc) is 3.96. The van der Waals surface area contributed by atoms with Crippen molar-refractivity contribution in [3.05, 3.63) is 206 Å². The molecule has 0 unspecified atom stereocenters. The first-order chi connectivity index (χ1) is 28.7. The Morgan fingerprint density at radius 3 is 1.47 bits per heavy atom. The van der Waals surface area contributed by atoms with E-state index in [0.29, 0.717) is 0 Å². The Kier molecular flexibility index (Phi) is 7.20. The smallest absolute Gasteiger partial charge is 0.135 e. The molecule has 4 heteroatoms. The van der Waals surface area contributed by atoms with Crippen LogP contribution in [-0.4, -0.2) is 4.57 Å². The number of para-hydroxylation sites is 4. The Bertz CT molecular complexity index is 3400. The first kappa shape index (κ1) is 32.4. The van der Waals surface area contributed by atoms with Crippen LogP contribution in [0, 0.1) is 0 Å². The van der Waals surface area contributed by atoms with Gasteiger partial charge in [0.2, 0.25) is 0 Å². The average molecular weight is 743 g/mol. The molecule has 0 saturated heterocycles. The Morgan fingerprint density at radius 1 is 0.293 bits per heavy atom. The van der Waals surface area contributed by atoms with Gasteiger partial charge in [-0.2, -0.15) is 0 Å². The van der Waals surface area contributed by atoms with Crippen molar-refractivity contribution in [3.63, 3.8) is 0 Å². The van der Waals surface area contributed by atoms with Crippen LogP contribution in [0.2, 0.25) is 0 Å². The van der Waals surface area contributed by atoms with Crippen molar-refractivity contribution in [2.75, 3.05) is 4.90 Å². The molecule has 0 radical (unpaired) electrons. The molecule has 4 nitrogen and oxygen atoms in total. The van der Waals surface area contributed by atoms with Crippen molar-refractivity contribution < 1.29 is 8.83 Å². The molecule has 272 valence electrons. The van der Waals surface area contributed by atoms with Crippen molar-refractivity contribution in [1.82, 2.24) is 4.57 Å². The van der Waals surface area contributed by atoms with Gasteiger partial charge in [-0.1, -0.05) is 109 Å². The van der Waals surface area contributed by atoms with E-state index in [1.807, 2.05) is 24.3 Å². The maximum Gasteiger partial charge on any atom is 0.135 e. The minimum absolute atomic E-state index is 0.873. The molecule has 0 atom stereocenters. The molecule has 9 aromatic carbocycles. The second-order valence-corrected chi connectivity index (χ2v) is 14.9. The molecule has 58 heavy (non-hydrogen) atoms. The normalized spacial score (nSPS) is 11.8. The summed E-state index contributed by atoms with van der Waals surface area (Å²) in [6.07, 6.45) is 0. The third-order valence-corrected chi connectivity index (χ3v) is 11.6. The van der Waals surface area contributed by atoms with Crippen LogP contribution in [0.15, 0.2) is 215 Å². The topological polar surface area (TPSA) is 34.5 Å².